The molecule has 0 spiro atoms. The van der Waals surface area contributed by atoms with E-state index in [2.05, 4.69) is 16.2 Å². The normalized spacial score (nSPS) is 10.3. The summed E-state index contributed by atoms with van der Waals surface area (Å²) in [7, 11) is 0. The minimum absolute atomic E-state index is 0.0655. The van der Waals surface area contributed by atoms with Crippen molar-refractivity contribution in [2.75, 3.05) is 11.9 Å². The topological polar surface area (TPSA) is 51.2 Å². The number of nitrogens with zero attached hydrogens (tertiary/aromatic N) is 1. The predicted molar refractivity (Wildman–Crippen MR) is 99.7 cm³/mol. The van der Waals surface area contributed by atoms with Gasteiger partial charge in [0.1, 0.15) is 0 Å². The average molecular weight is 348 g/mol. The van der Waals surface area contributed by atoms with E-state index in [1.165, 1.54) is 12.1 Å². The van der Waals surface area contributed by atoms with E-state index in [1.807, 2.05) is 6.07 Å². The molecule has 4 nitrogen and oxygen atoms in total. The highest BCUT2D eigenvalue weighted by Crippen LogP contribution is 2.25. The quantitative estimate of drug-likeness (QED) is 0.530. The molecule has 0 saturated heterocycles. The maximum Gasteiger partial charge on any atom is 0.255 e. The van der Waals surface area contributed by atoms with Gasteiger partial charge in [-0.05, 0) is 42.8 Å². The van der Waals surface area contributed by atoms with Gasteiger partial charge in [-0.2, -0.15) is 0 Å². The Bertz CT molecular complexity index is 979. The van der Waals surface area contributed by atoms with E-state index in [4.69, 9.17) is 11.2 Å². The van der Waals surface area contributed by atoms with Gasteiger partial charge in [-0.25, -0.2) is 4.39 Å². The van der Waals surface area contributed by atoms with Gasteiger partial charge in [0, 0.05) is 23.6 Å². The number of rotatable bonds is 6. The SMILES string of the molecule is C#CCCCOc1cccc(NC(=O)c2ccc3ncccc3c2)c1F. The van der Waals surface area contributed by atoms with Crippen LogP contribution in [0.15, 0.2) is 54.7 Å². The van der Waals surface area contributed by atoms with Crippen molar-refractivity contribution < 1.29 is 13.9 Å². The highest BCUT2D eigenvalue weighted by Gasteiger charge is 2.13. The molecule has 0 saturated carbocycles. The Hall–Kier alpha value is -3.39. The van der Waals surface area contributed by atoms with Crippen molar-refractivity contribution in [3.8, 4) is 18.1 Å². The van der Waals surface area contributed by atoms with Crippen LogP contribution >= 0.6 is 0 Å². The number of nitrogens with one attached hydrogen (secondary N) is 1. The van der Waals surface area contributed by atoms with Crippen LogP contribution < -0.4 is 10.1 Å². The number of hydrogen-bond acceptors (Lipinski definition) is 3. The molecule has 130 valence electrons. The van der Waals surface area contributed by atoms with Gasteiger partial charge in [-0.3, -0.25) is 9.78 Å². The average Bonchev–Trinajstić information content (AvgIpc) is 2.67. The number of carbonyl (C=O) groups is 1. The summed E-state index contributed by atoms with van der Waals surface area (Å²) < 4.78 is 19.9. The molecule has 3 aromatic rings. The number of aromatic nitrogens is 1. The molecule has 0 unspecified atom stereocenters. The Morgan fingerprint density at radius 1 is 1.23 bits per heavy atom. The van der Waals surface area contributed by atoms with Crippen LogP contribution in [-0.2, 0) is 0 Å². The van der Waals surface area contributed by atoms with Gasteiger partial charge in [0.05, 0.1) is 17.8 Å². The first-order chi connectivity index (χ1) is 12.7. The largest absolute Gasteiger partial charge is 0.490 e. The molecule has 0 bridgehead atoms. The van der Waals surface area contributed by atoms with E-state index in [0.717, 1.165) is 10.9 Å². The molecule has 0 aliphatic heterocycles. The standard InChI is InChI=1S/C21H17FN2O2/c1-2-3-4-13-26-19-9-5-8-18(20(19)22)24-21(25)16-10-11-17-15(14-16)7-6-12-23-17/h1,5-12,14H,3-4,13H2,(H,24,25). The molecule has 2 aromatic carbocycles. The van der Waals surface area contributed by atoms with Crippen molar-refractivity contribution in [3.05, 3.63) is 66.1 Å². The van der Waals surface area contributed by atoms with E-state index in [1.54, 1.807) is 36.5 Å². The van der Waals surface area contributed by atoms with Crippen LogP contribution in [0.4, 0.5) is 10.1 Å². The minimum atomic E-state index is -0.607. The first-order valence-electron chi connectivity index (χ1n) is 8.20. The smallest absolute Gasteiger partial charge is 0.255 e. The van der Waals surface area contributed by atoms with Crippen molar-refractivity contribution in [1.29, 1.82) is 0 Å². The van der Waals surface area contributed by atoms with Crippen LogP contribution in [0.5, 0.6) is 5.75 Å². The Labute approximate surface area is 151 Å². The maximum atomic E-state index is 14.5. The number of anilines is 1. The summed E-state index contributed by atoms with van der Waals surface area (Å²) in [4.78, 5) is 16.7. The Kier molecular flexibility index (Phi) is 5.45. The van der Waals surface area contributed by atoms with Crippen LogP contribution in [0, 0.1) is 18.2 Å². The lowest BCUT2D eigenvalue weighted by Gasteiger charge is -2.11. The first kappa shape index (κ1) is 17.4. The van der Waals surface area contributed by atoms with E-state index in [-0.39, 0.29) is 11.4 Å². The van der Waals surface area contributed by atoms with Gasteiger partial charge in [0.25, 0.3) is 5.91 Å². The number of carbonyl (C=O) groups excluding carboxylic acids is 1. The second-order valence-electron chi connectivity index (χ2n) is 5.64. The van der Waals surface area contributed by atoms with Crippen LogP contribution in [0.1, 0.15) is 23.2 Å². The van der Waals surface area contributed by atoms with Crippen molar-refractivity contribution in [1.82, 2.24) is 4.98 Å². The third-order valence-corrected chi connectivity index (χ3v) is 3.80. The molecule has 0 aliphatic carbocycles. The van der Waals surface area contributed by atoms with Crippen molar-refractivity contribution in [2.45, 2.75) is 12.8 Å². The Balaban J connectivity index is 1.75. The zero-order valence-corrected chi connectivity index (χ0v) is 14.0. The van der Waals surface area contributed by atoms with E-state index in [0.29, 0.717) is 25.0 Å². The summed E-state index contributed by atoms with van der Waals surface area (Å²) in [6, 6.07) is 13.4. The molecule has 1 aromatic heterocycles. The number of halogens is 1. The highest BCUT2D eigenvalue weighted by atomic mass is 19.1. The fourth-order valence-corrected chi connectivity index (χ4v) is 2.49. The number of terminal acetylenes is 1. The second-order valence-corrected chi connectivity index (χ2v) is 5.64. The van der Waals surface area contributed by atoms with Gasteiger partial charge >= 0.3 is 0 Å². The number of fused-ring (bicyclic) bond motifs is 1. The third-order valence-electron chi connectivity index (χ3n) is 3.80. The summed E-state index contributed by atoms with van der Waals surface area (Å²) in [5, 5.41) is 3.43. The monoisotopic (exact) mass is 348 g/mol. The molecule has 0 atom stereocenters. The van der Waals surface area contributed by atoms with Crippen LogP contribution in [0.25, 0.3) is 10.9 Å². The van der Waals surface area contributed by atoms with Gasteiger partial charge in [0.2, 0.25) is 0 Å². The fraction of sp³-hybridized carbons (Fsp3) is 0.143. The van der Waals surface area contributed by atoms with Crippen LogP contribution in [0.2, 0.25) is 0 Å². The highest BCUT2D eigenvalue weighted by molar-refractivity contribution is 6.06. The Morgan fingerprint density at radius 3 is 2.96 bits per heavy atom. The number of ether oxygens (including phenoxy) is 1. The zero-order chi connectivity index (χ0) is 18.4. The molecule has 3 rings (SSSR count). The van der Waals surface area contributed by atoms with E-state index in [9.17, 15) is 9.18 Å². The van der Waals surface area contributed by atoms with Crippen LogP contribution in [-0.4, -0.2) is 17.5 Å². The number of amides is 1. The van der Waals surface area contributed by atoms with Gasteiger partial charge in [0.15, 0.2) is 11.6 Å². The van der Waals surface area contributed by atoms with Gasteiger partial charge < -0.3 is 10.1 Å². The molecular formula is C21H17FN2O2. The summed E-state index contributed by atoms with van der Waals surface area (Å²) in [6.45, 7) is 0.316. The molecule has 0 aliphatic rings. The third kappa shape index (κ3) is 3.98. The lowest BCUT2D eigenvalue weighted by molar-refractivity contribution is 0.102. The second kappa shape index (κ2) is 8.13. The molecule has 1 heterocycles. The zero-order valence-electron chi connectivity index (χ0n) is 14.0. The van der Waals surface area contributed by atoms with Gasteiger partial charge in [-0.15, -0.1) is 12.3 Å². The molecular weight excluding hydrogens is 331 g/mol. The summed E-state index contributed by atoms with van der Waals surface area (Å²) in [6.07, 6.45) is 8.06. The summed E-state index contributed by atoms with van der Waals surface area (Å²) in [5.74, 6) is 1.58. The van der Waals surface area contributed by atoms with E-state index < -0.39 is 11.7 Å². The molecule has 1 amide bonds. The lowest BCUT2D eigenvalue weighted by Crippen LogP contribution is -2.13. The lowest BCUT2D eigenvalue weighted by atomic mass is 10.1. The fourth-order valence-electron chi connectivity index (χ4n) is 2.49. The van der Waals surface area contributed by atoms with E-state index >= 15 is 0 Å². The summed E-state index contributed by atoms with van der Waals surface area (Å²) >= 11 is 0. The minimum Gasteiger partial charge on any atom is -0.490 e. The molecule has 5 heteroatoms. The predicted octanol–water partition coefficient (Wildman–Crippen LogP) is 4.42. The van der Waals surface area contributed by atoms with Crippen LogP contribution in [0.3, 0.4) is 0 Å². The molecule has 0 fully saturated rings. The number of benzene rings is 2. The number of pyridine rings is 1. The van der Waals surface area contributed by atoms with Crippen molar-refractivity contribution >= 4 is 22.5 Å². The number of unbranched alkanes of at least 4 members (excludes halogenated alkanes) is 1. The molecule has 0 radical (unpaired) electrons. The maximum absolute atomic E-state index is 14.5. The summed E-state index contributed by atoms with van der Waals surface area (Å²) in [5.41, 5.74) is 1.28. The number of hydrogen-bond donors (Lipinski definition) is 1. The van der Waals surface area contributed by atoms with Crippen molar-refractivity contribution in [3.63, 3.8) is 0 Å². The van der Waals surface area contributed by atoms with Gasteiger partial charge in [-0.1, -0.05) is 12.1 Å². The molecule has 1 N–H and O–H groups in total. The Morgan fingerprint density at radius 2 is 2.12 bits per heavy atom. The first-order valence-corrected chi connectivity index (χ1v) is 8.20. The molecule has 26 heavy (non-hydrogen) atoms. The van der Waals surface area contributed by atoms with Crippen molar-refractivity contribution in [2.24, 2.45) is 0 Å².